The summed E-state index contributed by atoms with van der Waals surface area (Å²) < 4.78 is 0. The second kappa shape index (κ2) is 2.89. The van der Waals surface area contributed by atoms with Gasteiger partial charge in [-0.25, -0.2) is 0 Å². The van der Waals surface area contributed by atoms with Gasteiger partial charge in [-0.3, -0.25) is 10.9 Å². The molecule has 10 heavy (non-hydrogen) atoms. The van der Waals surface area contributed by atoms with E-state index in [1.165, 1.54) is 6.42 Å². The van der Waals surface area contributed by atoms with Crippen molar-refractivity contribution < 1.29 is 0 Å². The van der Waals surface area contributed by atoms with Crippen molar-refractivity contribution in [1.82, 2.24) is 10.9 Å². The van der Waals surface area contributed by atoms with Crippen LogP contribution in [0.15, 0.2) is 0 Å². The molecular weight excluding hydrogens is 124 g/mol. The van der Waals surface area contributed by atoms with Crippen LogP contribution in [0.2, 0.25) is 0 Å². The molecule has 0 aromatic rings. The normalized spacial score (nSPS) is 28.5. The zero-order valence-electron chi connectivity index (χ0n) is 7.20. The zero-order valence-corrected chi connectivity index (χ0v) is 7.20. The molecule has 2 nitrogen and oxygen atoms in total. The van der Waals surface area contributed by atoms with Crippen LogP contribution in [0.3, 0.4) is 0 Å². The molecule has 0 amide bonds. The third-order valence-corrected chi connectivity index (χ3v) is 2.32. The minimum Gasteiger partial charge on any atom is -0.258 e. The fourth-order valence-electron chi connectivity index (χ4n) is 1.37. The van der Waals surface area contributed by atoms with Crippen LogP contribution in [0.4, 0.5) is 0 Å². The lowest BCUT2D eigenvalue weighted by Crippen LogP contribution is -2.46. The van der Waals surface area contributed by atoms with Gasteiger partial charge in [0.25, 0.3) is 0 Å². The molecule has 1 saturated heterocycles. The molecule has 1 fully saturated rings. The zero-order chi connectivity index (χ0) is 7.61. The Morgan fingerprint density at radius 3 is 2.20 bits per heavy atom. The third-order valence-electron chi connectivity index (χ3n) is 2.32. The lowest BCUT2D eigenvalue weighted by molar-refractivity contribution is 0.180. The average Bonchev–Trinajstić information content (AvgIpc) is 1.88. The van der Waals surface area contributed by atoms with Crippen molar-refractivity contribution in [2.24, 2.45) is 11.3 Å². The van der Waals surface area contributed by atoms with Crippen LogP contribution in [0.5, 0.6) is 0 Å². The fourth-order valence-corrected chi connectivity index (χ4v) is 1.37. The first kappa shape index (κ1) is 8.02. The fraction of sp³-hybridized carbons (Fsp3) is 1.00. The first-order chi connectivity index (χ1) is 4.61. The number of hydrogen-bond acceptors (Lipinski definition) is 2. The van der Waals surface area contributed by atoms with Gasteiger partial charge in [-0.15, -0.1) is 0 Å². The first-order valence-corrected chi connectivity index (χ1v) is 4.06. The topological polar surface area (TPSA) is 24.1 Å². The Morgan fingerprint density at radius 2 is 1.90 bits per heavy atom. The van der Waals surface area contributed by atoms with E-state index in [9.17, 15) is 0 Å². The molecule has 0 aromatic heterocycles. The highest BCUT2D eigenvalue weighted by atomic mass is 15.4. The SMILES string of the molecule is CC(C)(C)C1CCNNC1. The monoisotopic (exact) mass is 142 g/mol. The van der Waals surface area contributed by atoms with E-state index in [1.807, 2.05) is 0 Å². The maximum atomic E-state index is 3.19. The van der Waals surface area contributed by atoms with Crippen molar-refractivity contribution in [3.63, 3.8) is 0 Å². The molecule has 1 atom stereocenters. The Labute approximate surface area is 63.4 Å². The number of nitrogens with one attached hydrogen (secondary N) is 2. The van der Waals surface area contributed by atoms with Gasteiger partial charge in [0, 0.05) is 13.1 Å². The van der Waals surface area contributed by atoms with E-state index in [2.05, 4.69) is 31.6 Å². The first-order valence-electron chi connectivity index (χ1n) is 4.06. The number of hydrogen-bond donors (Lipinski definition) is 2. The molecule has 60 valence electrons. The summed E-state index contributed by atoms with van der Waals surface area (Å²) in [5.74, 6) is 0.828. The van der Waals surface area contributed by atoms with Gasteiger partial charge in [0.05, 0.1) is 0 Å². The van der Waals surface area contributed by atoms with E-state index in [0.717, 1.165) is 19.0 Å². The molecule has 1 unspecified atom stereocenters. The Kier molecular flexibility index (Phi) is 2.32. The van der Waals surface area contributed by atoms with Crippen LogP contribution in [-0.2, 0) is 0 Å². The molecule has 0 bridgehead atoms. The molecule has 0 spiro atoms. The molecule has 0 aliphatic carbocycles. The molecule has 0 aromatic carbocycles. The number of hydrazine groups is 1. The highest BCUT2D eigenvalue weighted by molar-refractivity contribution is 4.78. The summed E-state index contributed by atoms with van der Waals surface area (Å²) in [6, 6.07) is 0. The van der Waals surface area contributed by atoms with Crippen molar-refractivity contribution in [3.05, 3.63) is 0 Å². The van der Waals surface area contributed by atoms with Gasteiger partial charge in [0.2, 0.25) is 0 Å². The predicted octanol–water partition coefficient (Wildman–Crippen LogP) is 1.15. The summed E-state index contributed by atoms with van der Waals surface area (Å²) in [6.07, 6.45) is 1.30. The highest BCUT2D eigenvalue weighted by Gasteiger charge is 2.25. The summed E-state index contributed by atoms with van der Waals surface area (Å²) in [5, 5.41) is 0. The summed E-state index contributed by atoms with van der Waals surface area (Å²) in [5.41, 5.74) is 6.80. The van der Waals surface area contributed by atoms with Gasteiger partial charge in [-0.1, -0.05) is 20.8 Å². The van der Waals surface area contributed by atoms with Crippen LogP contribution < -0.4 is 10.9 Å². The second-order valence-electron chi connectivity index (χ2n) is 4.16. The molecule has 0 radical (unpaired) electrons. The van der Waals surface area contributed by atoms with Crippen LogP contribution >= 0.6 is 0 Å². The lowest BCUT2D eigenvalue weighted by atomic mass is 9.78. The molecule has 0 saturated carbocycles. The van der Waals surface area contributed by atoms with Gasteiger partial charge in [0.15, 0.2) is 0 Å². The van der Waals surface area contributed by atoms with Crippen LogP contribution in [0.25, 0.3) is 0 Å². The molecule has 1 aliphatic heterocycles. The molecule has 2 heteroatoms. The van der Waals surface area contributed by atoms with Gasteiger partial charge in [-0.2, -0.15) is 0 Å². The minimum atomic E-state index is 0.467. The van der Waals surface area contributed by atoms with E-state index in [0.29, 0.717) is 5.41 Å². The Hall–Kier alpha value is -0.0800. The molecule has 1 heterocycles. The molecule has 1 aliphatic rings. The van der Waals surface area contributed by atoms with Crippen molar-refractivity contribution in [3.8, 4) is 0 Å². The largest absolute Gasteiger partial charge is 0.258 e. The highest BCUT2D eigenvalue weighted by Crippen LogP contribution is 2.28. The Morgan fingerprint density at radius 1 is 1.20 bits per heavy atom. The van der Waals surface area contributed by atoms with E-state index < -0.39 is 0 Å². The summed E-state index contributed by atoms with van der Waals surface area (Å²) >= 11 is 0. The quantitative estimate of drug-likeness (QED) is 0.530. The summed E-state index contributed by atoms with van der Waals surface area (Å²) in [4.78, 5) is 0. The molecule has 2 N–H and O–H groups in total. The minimum absolute atomic E-state index is 0.467. The van der Waals surface area contributed by atoms with E-state index >= 15 is 0 Å². The van der Waals surface area contributed by atoms with Crippen LogP contribution in [-0.4, -0.2) is 13.1 Å². The van der Waals surface area contributed by atoms with E-state index in [4.69, 9.17) is 0 Å². The third kappa shape index (κ3) is 1.96. The van der Waals surface area contributed by atoms with Gasteiger partial charge < -0.3 is 0 Å². The van der Waals surface area contributed by atoms with Gasteiger partial charge in [-0.05, 0) is 17.8 Å². The van der Waals surface area contributed by atoms with Crippen molar-refractivity contribution in [2.45, 2.75) is 27.2 Å². The summed E-state index contributed by atoms with van der Waals surface area (Å²) in [6.45, 7) is 9.16. The summed E-state index contributed by atoms with van der Waals surface area (Å²) in [7, 11) is 0. The van der Waals surface area contributed by atoms with Gasteiger partial charge >= 0.3 is 0 Å². The van der Waals surface area contributed by atoms with Crippen molar-refractivity contribution in [2.75, 3.05) is 13.1 Å². The van der Waals surface area contributed by atoms with Crippen molar-refractivity contribution >= 4 is 0 Å². The predicted molar refractivity (Wildman–Crippen MR) is 43.6 cm³/mol. The maximum Gasteiger partial charge on any atom is 0.0134 e. The number of rotatable bonds is 0. The Bertz CT molecular complexity index is 98.3. The lowest BCUT2D eigenvalue weighted by Gasteiger charge is -2.34. The van der Waals surface area contributed by atoms with Crippen LogP contribution in [0, 0.1) is 11.3 Å². The second-order valence-corrected chi connectivity index (χ2v) is 4.16. The smallest absolute Gasteiger partial charge is 0.0134 e. The molecule has 1 rings (SSSR count). The van der Waals surface area contributed by atoms with Crippen molar-refractivity contribution in [1.29, 1.82) is 0 Å². The average molecular weight is 142 g/mol. The van der Waals surface area contributed by atoms with Gasteiger partial charge in [0.1, 0.15) is 0 Å². The van der Waals surface area contributed by atoms with Crippen LogP contribution in [0.1, 0.15) is 27.2 Å². The molecular formula is C8H18N2. The standard InChI is InChI=1S/C8H18N2/c1-8(2,3)7-4-5-9-10-6-7/h7,9-10H,4-6H2,1-3H3. The maximum absolute atomic E-state index is 3.19. The van der Waals surface area contributed by atoms with E-state index in [-0.39, 0.29) is 0 Å². The van der Waals surface area contributed by atoms with E-state index in [1.54, 1.807) is 0 Å². The Balaban J connectivity index is 2.39.